The minimum Gasteiger partial charge on any atom is -0.340 e. The second-order valence-corrected chi connectivity index (χ2v) is 7.52. The maximum Gasteiger partial charge on any atom is 0.236 e. The molecule has 0 N–H and O–H groups in total. The number of hydrogen-bond donors (Lipinski definition) is 0. The number of nitrogens with zero attached hydrogens (tertiary/aromatic N) is 6. The molecule has 0 aliphatic rings. The molecule has 0 bridgehead atoms. The molecule has 0 spiro atoms. The van der Waals surface area contributed by atoms with Crippen LogP contribution >= 0.6 is 0 Å². The minimum atomic E-state index is -0.0882. The summed E-state index contributed by atoms with van der Waals surface area (Å²) in [6.45, 7) is 1.41. The van der Waals surface area contributed by atoms with Crippen molar-refractivity contribution < 1.29 is 4.79 Å². The molecule has 2 aromatic carbocycles. The van der Waals surface area contributed by atoms with E-state index < -0.39 is 0 Å². The zero-order valence-corrected chi connectivity index (χ0v) is 18.2. The third-order valence-corrected chi connectivity index (χ3v) is 5.04. The van der Waals surface area contributed by atoms with Gasteiger partial charge in [0.05, 0.1) is 42.9 Å². The van der Waals surface area contributed by atoms with Crippen LogP contribution in [0.15, 0.2) is 66.9 Å². The van der Waals surface area contributed by atoms with E-state index in [4.69, 9.17) is 15.6 Å². The van der Waals surface area contributed by atoms with Crippen molar-refractivity contribution in [3.8, 4) is 29.1 Å². The lowest BCUT2D eigenvalue weighted by Gasteiger charge is -2.24. The Morgan fingerprint density at radius 3 is 2.16 bits per heavy atom. The Hall–Kier alpha value is -3.94. The fourth-order valence-electron chi connectivity index (χ4n) is 3.49. The van der Waals surface area contributed by atoms with Gasteiger partial charge in [0, 0.05) is 37.0 Å². The smallest absolute Gasteiger partial charge is 0.236 e. The Bertz CT molecular complexity index is 1080. The van der Waals surface area contributed by atoms with E-state index in [-0.39, 0.29) is 25.3 Å². The first-order chi connectivity index (χ1) is 15.6. The van der Waals surface area contributed by atoms with E-state index in [1.54, 1.807) is 4.90 Å². The lowest BCUT2D eigenvalue weighted by atomic mass is 10.1. The molecule has 1 heterocycles. The van der Waals surface area contributed by atoms with Gasteiger partial charge in [0.1, 0.15) is 0 Å². The summed E-state index contributed by atoms with van der Waals surface area (Å²) in [7, 11) is 1.89. The highest BCUT2D eigenvalue weighted by Gasteiger charge is 2.18. The average molecular weight is 427 g/mol. The molecule has 3 rings (SSSR count). The van der Waals surface area contributed by atoms with Gasteiger partial charge in [-0.2, -0.15) is 15.6 Å². The van der Waals surface area contributed by atoms with Crippen molar-refractivity contribution >= 4 is 5.91 Å². The molecule has 0 unspecified atom stereocenters. The molecule has 0 aliphatic heterocycles. The predicted molar refractivity (Wildman–Crippen MR) is 122 cm³/mol. The van der Waals surface area contributed by atoms with Gasteiger partial charge in [-0.05, 0) is 19.2 Å². The Morgan fingerprint density at radius 2 is 1.56 bits per heavy atom. The van der Waals surface area contributed by atoms with E-state index in [9.17, 15) is 4.79 Å². The summed E-state index contributed by atoms with van der Waals surface area (Å²) >= 11 is 0. The van der Waals surface area contributed by atoms with Gasteiger partial charge in [-0.3, -0.25) is 9.69 Å². The first kappa shape index (κ1) is 22.7. The SMILES string of the molecule is CN(CC(=O)N(CCC#N)CCC#N)Cc1cn(-c2ccccc2)nc1-c1ccccc1. The van der Waals surface area contributed by atoms with Crippen LogP contribution in [0, 0.1) is 22.7 Å². The fourth-order valence-corrected chi connectivity index (χ4v) is 3.49. The maximum atomic E-state index is 12.8. The quantitative estimate of drug-likeness (QED) is 0.494. The third-order valence-electron chi connectivity index (χ3n) is 5.04. The molecule has 3 aromatic rings. The first-order valence-corrected chi connectivity index (χ1v) is 10.5. The van der Waals surface area contributed by atoms with E-state index >= 15 is 0 Å². The summed E-state index contributed by atoms with van der Waals surface area (Å²) in [5.41, 5.74) is 3.87. The molecule has 0 fully saturated rings. The van der Waals surface area contributed by atoms with E-state index in [0.29, 0.717) is 19.6 Å². The van der Waals surface area contributed by atoms with Crippen LogP contribution in [0.1, 0.15) is 18.4 Å². The average Bonchev–Trinajstić information content (AvgIpc) is 3.23. The lowest BCUT2D eigenvalue weighted by molar-refractivity contribution is -0.132. The van der Waals surface area contributed by atoms with Crippen LogP contribution < -0.4 is 0 Å². The van der Waals surface area contributed by atoms with Crippen LogP contribution in [-0.2, 0) is 11.3 Å². The molecular weight excluding hydrogens is 400 g/mol. The summed E-state index contributed by atoms with van der Waals surface area (Å²) in [5.74, 6) is -0.0882. The second kappa shape index (κ2) is 11.5. The van der Waals surface area contributed by atoms with Crippen LogP contribution in [0.2, 0.25) is 0 Å². The molecule has 0 saturated heterocycles. The largest absolute Gasteiger partial charge is 0.340 e. The highest BCUT2D eigenvalue weighted by molar-refractivity contribution is 5.78. The lowest BCUT2D eigenvalue weighted by Crippen LogP contribution is -2.39. The summed E-state index contributed by atoms with van der Waals surface area (Å²) < 4.78 is 1.86. The molecule has 0 aliphatic carbocycles. The van der Waals surface area contributed by atoms with Gasteiger partial charge in [-0.15, -0.1) is 0 Å². The zero-order valence-electron chi connectivity index (χ0n) is 18.2. The Balaban J connectivity index is 1.79. The third kappa shape index (κ3) is 6.04. The van der Waals surface area contributed by atoms with E-state index in [2.05, 4.69) is 12.1 Å². The van der Waals surface area contributed by atoms with Crippen LogP contribution in [0.5, 0.6) is 0 Å². The second-order valence-electron chi connectivity index (χ2n) is 7.52. The summed E-state index contributed by atoms with van der Waals surface area (Å²) in [6, 6.07) is 24.0. The summed E-state index contributed by atoms with van der Waals surface area (Å²) in [4.78, 5) is 16.3. The van der Waals surface area contributed by atoms with Gasteiger partial charge < -0.3 is 4.90 Å². The number of hydrogen-bond acceptors (Lipinski definition) is 5. The number of carbonyl (C=O) groups is 1. The van der Waals surface area contributed by atoms with E-state index in [1.807, 2.05) is 83.5 Å². The molecule has 1 aromatic heterocycles. The van der Waals surface area contributed by atoms with Gasteiger partial charge in [-0.1, -0.05) is 48.5 Å². The maximum absolute atomic E-state index is 12.8. The highest BCUT2D eigenvalue weighted by atomic mass is 16.2. The number of likely N-dealkylation sites (N-methyl/N-ethyl adjacent to an activating group) is 1. The Labute approximate surface area is 188 Å². The minimum absolute atomic E-state index is 0.0882. The van der Waals surface area contributed by atoms with Crippen molar-refractivity contribution in [3.05, 3.63) is 72.4 Å². The monoisotopic (exact) mass is 426 g/mol. The van der Waals surface area contributed by atoms with Crippen molar-refractivity contribution in [1.29, 1.82) is 10.5 Å². The molecule has 32 heavy (non-hydrogen) atoms. The number of amides is 1. The van der Waals surface area contributed by atoms with Crippen molar-refractivity contribution in [1.82, 2.24) is 19.6 Å². The summed E-state index contributed by atoms with van der Waals surface area (Å²) in [5, 5.41) is 22.5. The topological polar surface area (TPSA) is 89.0 Å². The van der Waals surface area contributed by atoms with Gasteiger partial charge in [0.2, 0.25) is 5.91 Å². The fraction of sp³-hybridized carbons (Fsp3) is 0.280. The molecule has 7 nitrogen and oxygen atoms in total. The van der Waals surface area contributed by atoms with Crippen molar-refractivity contribution in [2.24, 2.45) is 0 Å². The Kier molecular flexibility index (Phi) is 8.14. The predicted octanol–water partition coefficient (Wildman–Crippen LogP) is 3.63. The highest BCUT2D eigenvalue weighted by Crippen LogP contribution is 2.24. The Morgan fingerprint density at radius 1 is 0.969 bits per heavy atom. The number of nitriles is 2. The van der Waals surface area contributed by atoms with Crippen molar-refractivity contribution in [2.75, 3.05) is 26.7 Å². The van der Waals surface area contributed by atoms with E-state index in [0.717, 1.165) is 22.5 Å². The molecule has 0 atom stereocenters. The normalized spacial score (nSPS) is 10.5. The molecule has 162 valence electrons. The van der Waals surface area contributed by atoms with Crippen molar-refractivity contribution in [3.63, 3.8) is 0 Å². The first-order valence-electron chi connectivity index (χ1n) is 10.5. The van der Waals surface area contributed by atoms with Crippen LogP contribution in [-0.4, -0.2) is 52.2 Å². The molecule has 0 radical (unpaired) electrons. The zero-order chi connectivity index (χ0) is 22.8. The molecule has 1 amide bonds. The van der Waals surface area contributed by atoms with Gasteiger partial charge in [-0.25, -0.2) is 4.68 Å². The molecule has 7 heteroatoms. The van der Waals surface area contributed by atoms with Gasteiger partial charge >= 0.3 is 0 Å². The number of rotatable bonds is 10. The van der Waals surface area contributed by atoms with Gasteiger partial charge in [0.15, 0.2) is 0 Å². The number of para-hydroxylation sites is 1. The molecule has 0 saturated carbocycles. The van der Waals surface area contributed by atoms with Crippen LogP contribution in [0.3, 0.4) is 0 Å². The van der Waals surface area contributed by atoms with Crippen LogP contribution in [0.4, 0.5) is 0 Å². The van der Waals surface area contributed by atoms with Gasteiger partial charge in [0.25, 0.3) is 0 Å². The van der Waals surface area contributed by atoms with E-state index in [1.165, 1.54) is 0 Å². The number of benzene rings is 2. The standard InChI is InChI=1S/C25H26N6O/c1-29(20-24(32)30(16-8-14-26)17-9-15-27)18-22-19-31(23-12-6-3-7-13-23)28-25(22)21-10-4-2-5-11-21/h2-7,10-13,19H,8-9,16-18,20H2,1H3. The van der Waals surface area contributed by atoms with Crippen LogP contribution in [0.25, 0.3) is 16.9 Å². The number of aromatic nitrogens is 2. The summed E-state index contributed by atoms with van der Waals surface area (Å²) in [6.07, 6.45) is 2.51. The number of carbonyl (C=O) groups excluding carboxylic acids is 1. The molecular formula is C25H26N6O. The van der Waals surface area contributed by atoms with Crippen molar-refractivity contribution in [2.45, 2.75) is 19.4 Å².